The lowest BCUT2D eigenvalue weighted by Crippen LogP contribution is -2.24. The lowest BCUT2D eigenvalue weighted by molar-refractivity contribution is 0.667. The van der Waals surface area contributed by atoms with Crippen LogP contribution in [0.2, 0.25) is 0 Å². The van der Waals surface area contributed by atoms with Gasteiger partial charge >= 0.3 is 0 Å². The summed E-state index contributed by atoms with van der Waals surface area (Å²) in [5.74, 6) is 0.172. The lowest BCUT2D eigenvalue weighted by atomic mass is 10.1. The molecule has 4 N–H and O–H groups in total. The van der Waals surface area contributed by atoms with Crippen LogP contribution in [-0.4, -0.2) is 12.0 Å². The Morgan fingerprint density at radius 1 is 1.29 bits per heavy atom. The Labute approximate surface area is 84.8 Å². The highest BCUT2D eigenvalue weighted by Crippen LogP contribution is 2.06. The molecule has 0 aliphatic heterocycles. The van der Waals surface area contributed by atoms with E-state index in [4.69, 9.17) is 11.5 Å². The summed E-state index contributed by atoms with van der Waals surface area (Å²) in [4.78, 5) is 4.06. The van der Waals surface area contributed by atoms with Crippen LogP contribution in [-0.2, 0) is 6.42 Å². The van der Waals surface area contributed by atoms with E-state index in [1.54, 1.807) is 0 Å². The molecule has 1 rings (SSSR count). The first-order valence-electron chi connectivity index (χ1n) is 4.81. The van der Waals surface area contributed by atoms with Crippen molar-refractivity contribution in [3.05, 3.63) is 35.9 Å². The topological polar surface area (TPSA) is 64.4 Å². The van der Waals surface area contributed by atoms with Gasteiger partial charge in [0.1, 0.15) is 0 Å². The van der Waals surface area contributed by atoms with Gasteiger partial charge in [-0.2, -0.15) is 0 Å². The van der Waals surface area contributed by atoms with Crippen LogP contribution in [0.3, 0.4) is 0 Å². The minimum absolute atomic E-state index is 0.172. The minimum atomic E-state index is 0.172. The summed E-state index contributed by atoms with van der Waals surface area (Å²) in [5.41, 5.74) is 11.9. The van der Waals surface area contributed by atoms with E-state index in [9.17, 15) is 0 Å². The Hall–Kier alpha value is -1.51. The number of hydrogen-bond donors (Lipinski definition) is 2. The minimum Gasteiger partial charge on any atom is -0.370 e. The predicted octanol–water partition coefficient (Wildman–Crippen LogP) is 1.28. The van der Waals surface area contributed by atoms with E-state index in [1.165, 1.54) is 5.56 Å². The SMILES string of the molecule is C[C@@H](CCc1ccccc1)N=C(N)N. The maximum atomic E-state index is 5.29. The molecule has 0 saturated carbocycles. The smallest absolute Gasteiger partial charge is 0.186 e. The highest BCUT2D eigenvalue weighted by Gasteiger charge is 2.00. The number of nitrogens with zero attached hydrogens (tertiary/aromatic N) is 1. The Balaban J connectivity index is 2.38. The Bertz CT molecular complexity index is 289. The van der Waals surface area contributed by atoms with Gasteiger partial charge in [-0.3, -0.25) is 4.99 Å². The third-order valence-electron chi connectivity index (χ3n) is 2.06. The zero-order valence-corrected chi connectivity index (χ0v) is 8.48. The molecule has 1 aromatic rings. The molecular formula is C11H17N3. The van der Waals surface area contributed by atoms with Crippen LogP contribution in [0.4, 0.5) is 0 Å². The van der Waals surface area contributed by atoms with Crippen molar-refractivity contribution in [1.82, 2.24) is 0 Å². The third kappa shape index (κ3) is 3.94. The van der Waals surface area contributed by atoms with Gasteiger partial charge in [-0.05, 0) is 25.3 Å². The second-order valence-corrected chi connectivity index (χ2v) is 3.43. The van der Waals surface area contributed by atoms with E-state index in [-0.39, 0.29) is 12.0 Å². The molecule has 0 bridgehead atoms. The number of nitrogens with two attached hydrogens (primary N) is 2. The molecule has 0 unspecified atom stereocenters. The summed E-state index contributed by atoms with van der Waals surface area (Å²) < 4.78 is 0. The van der Waals surface area contributed by atoms with Crippen molar-refractivity contribution in [2.24, 2.45) is 16.5 Å². The van der Waals surface area contributed by atoms with Crippen molar-refractivity contribution >= 4 is 5.96 Å². The molecule has 1 atom stereocenters. The predicted molar refractivity (Wildman–Crippen MR) is 60.0 cm³/mol. The van der Waals surface area contributed by atoms with Gasteiger partial charge in [-0.25, -0.2) is 0 Å². The summed E-state index contributed by atoms with van der Waals surface area (Å²) in [6.07, 6.45) is 1.99. The van der Waals surface area contributed by atoms with Crippen molar-refractivity contribution < 1.29 is 0 Å². The number of benzene rings is 1. The normalized spacial score (nSPS) is 12.1. The summed E-state index contributed by atoms with van der Waals surface area (Å²) >= 11 is 0. The number of guanidine groups is 1. The fraction of sp³-hybridized carbons (Fsp3) is 0.364. The molecule has 3 nitrogen and oxygen atoms in total. The average Bonchev–Trinajstić information content (AvgIpc) is 2.15. The summed E-state index contributed by atoms with van der Waals surface area (Å²) in [5, 5.41) is 0. The highest BCUT2D eigenvalue weighted by molar-refractivity contribution is 5.75. The van der Waals surface area contributed by atoms with Crippen molar-refractivity contribution in [1.29, 1.82) is 0 Å². The van der Waals surface area contributed by atoms with Crippen LogP contribution in [0.15, 0.2) is 35.3 Å². The van der Waals surface area contributed by atoms with E-state index < -0.39 is 0 Å². The molecule has 0 aliphatic carbocycles. The van der Waals surface area contributed by atoms with Gasteiger partial charge in [-0.15, -0.1) is 0 Å². The first-order chi connectivity index (χ1) is 6.68. The number of hydrogen-bond acceptors (Lipinski definition) is 1. The zero-order valence-electron chi connectivity index (χ0n) is 8.48. The number of aliphatic imine (C=N–C) groups is 1. The third-order valence-corrected chi connectivity index (χ3v) is 2.06. The van der Waals surface area contributed by atoms with E-state index in [0.717, 1.165) is 12.8 Å². The van der Waals surface area contributed by atoms with E-state index in [2.05, 4.69) is 17.1 Å². The molecule has 3 heteroatoms. The van der Waals surface area contributed by atoms with Crippen LogP contribution in [0, 0.1) is 0 Å². The molecule has 1 aromatic carbocycles. The van der Waals surface area contributed by atoms with E-state index in [0.29, 0.717) is 0 Å². The summed E-state index contributed by atoms with van der Waals surface area (Å²) in [7, 11) is 0. The Kier molecular flexibility index (Phi) is 3.98. The van der Waals surface area contributed by atoms with Gasteiger partial charge in [0.05, 0.1) is 6.04 Å². The van der Waals surface area contributed by atoms with Crippen LogP contribution >= 0.6 is 0 Å². The van der Waals surface area contributed by atoms with Gasteiger partial charge in [0, 0.05) is 0 Å². The first-order valence-corrected chi connectivity index (χ1v) is 4.81. The lowest BCUT2D eigenvalue weighted by Gasteiger charge is -2.06. The zero-order chi connectivity index (χ0) is 10.4. The van der Waals surface area contributed by atoms with Crippen LogP contribution in [0.1, 0.15) is 18.9 Å². The average molecular weight is 191 g/mol. The molecule has 0 aromatic heterocycles. The Morgan fingerprint density at radius 3 is 2.50 bits per heavy atom. The van der Waals surface area contributed by atoms with Gasteiger partial charge in [0.15, 0.2) is 5.96 Å². The monoisotopic (exact) mass is 191 g/mol. The number of aryl methyl sites for hydroxylation is 1. The largest absolute Gasteiger partial charge is 0.370 e. The second kappa shape index (κ2) is 5.27. The summed E-state index contributed by atoms with van der Waals surface area (Å²) in [6.45, 7) is 2.02. The van der Waals surface area contributed by atoms with Crippen molar-refractivity contribution in [3.63, 3.8) is 0 Å². The summed E-state index contributed by atoms with van der Waals surface area (Å²) in [6, 6.07) is 10.5. The van der Waals surface area contributed by atoms with Crippen LogP contribution in [0.5, 0.6) is 0 Å². The quantitative estimate of drug-likeness (QED) is 0.556. The second-order valence-electron chi connectivity index (χ2n) is 3.43. The van der Waals surface area contributed by atoms with E-state index >= 15 is 0 Å². The van der Waals surface area contributed by atoms with Gasteiger partial charge < -0.3 is 11.5 Å². The van der Waals surface area contributed by atoms with Crippen molar-refractivity contribution in [2.45, 2.75) is 25.8 Å². The maximum Gasteiger partial charge on any atom is 0.186 e. The molecule has 76 valence electrons. The van der Waals surface area contributed by atoms with Crippen molar-refractivity contribution in [3.8, 4) is 0 Å². The van der Waals surface area contributed by atoms with Crippen LogP contribution < -0.4 is 11.5 Å². The molecule has 0 radical (unpaired) electrons. The molecule has 0 spiro atoms. The molecule has 0 heterocycles. The van der Waals surface area contributed by atoms with E-state index in [1.807, 2.05) is 25.1 Å². The molecule has 0 aliphatic rings. The fourth-order valence-corrected chi connectivity index (χ4v) is 1.34. The standard InChI is InChI=1S/C11H17N3/c1-9(14-11(12)13)7-8-10-5-3-2-4-6-10/h2-6,9H,7-8H2,1H3,(H4,12,13,14)/t9-/m0/s1. The maximum absolute atomic E-state index is 5.29. The molecular weight excluding hydrogens is 174 g/mol. The fourth-order valence-electron chi connectivity index (χ4n) is 1.34. The Morgan fingerprint density at radius 2 is 1.93 bits per heavy atom. The molecule has 0 amide bonds. The van der Waals surface area contributed by atoms with Gasteiger partial charge in [0.2, 0.25) is 0 Å². The molecule has 0 fully saturated rings. The highest BCUT2D eigenvalue weighted by atomic mass is 15.0. The van der Waals surface area contributed by atoms with Gasteiger partial charge in [0.25, 0.3) is 0 Å². The molecule has 14 heavy (non-hydrogen) atoms. The molecule has 0 saturated heterocycles. The number of rotatable bonds is 4. The van der Waals surface area contributed by atoms with Gasteiger partial charge in [-0.1, -0.05) is 30.3 Å². The first kappa shape index (κ1) is 10.6. The van der Waals surface area contributed by atoms with Crippen molar-refractivity contribution in [2.75, 3.05) is 0 Å². The van der Waals surface area contributed by atoms with Crippen LogP contribution in [0.25, 0.3) is 0 Å².